The first-order chi connectivity index (χ1) is 9.22. The molecule has 4 nitrogen and oxygen atoms in total. The highest BCUT2D eigenvalue weighted by molar-refractivity contribution is 7.09. The van der Waals surface area contributed by atoms with Gasteiger partial charge in [-0.3, -0.25) is 4.79 Å². The average Bonchev–Trinajstić information content (AvgIpc) is 2.91. The van der Waals surface area contributed by atoms with E-state index in [-0.39, 0.29) is 10.6 Å². The lowest BCUT2D eigenvalue weighted by Crippen LogP contribution is -2.24. The van der Waals surface area contributed by atoms with Gasteiger partial charge in [-0.15, -0.1) is 17.9 Å². The number of hydrogen-bond acceptors (Lipinski definition) is 4. The molecule has 2 aromatic rings. The standard InChI is InChI=1S/C13H14ClN3OS/c1-2-7-17-13(18)12(14)11(9-16-17)15-6-5-10-4-3-8-19-10/h2-4,8-9,15H,1,5-7H2. The summed E-state index contributed by atoms with van der Waals surface area (Å²) in [7, 11) is 0. The highest BCUT2D eigenvalue weighted by Gasteiger charge is 2.08. The highest BCUT2D eigenvalue weighted by atomic mass is 35.5. The largest absolute Gasteiger partial charge is 0.382 e. The average molecular weight is 296 g/mol. The maximum atomic E-state index is 11.9. The molecular weight excluding hydrogens is 282 g/mol. The van der Waals surface area contributed by atoms with Gasteiger partial charge in [0.05, 0.1) is 18.4 Å². The van der Waals surface area contributed by atoms with E-state index >= 15 is 0 Å². The van der Waals surface area contributed by atoms with Gasteiger partial charge in [0.15, 0.2) is 0 Å². The summed E-state index contributed by atoms with van der Waals surface area (Å²) in [6, 6.07) is 4.10. The van der Waals surface area contributed by atoms with E-state index < -0.39 is 0 Å². The van der Waals surface area contributed by atoms with Crippen LogP contribution in [0.4, 0.5) is 5.69 Å². The molecule has 0 aliphatic rings. The third-order valence-electron chi connectivity index (χ3n) is 2.55. The van der Waals surface area contributed by atoms with Crippen LogP contribution in [0.2, 0.25) is 5.02 Å². The van der Waals surface area contributed by atoms with Gasteiger partial charge in [-0.2, -0.15) is 5.10 Å². The van der Waals surface area contributed by atoms with Gasteiger partial charge in [-0.25, -0.2) is 4.68 Å². The molecule has 19 heavy (non-hydrogen) atoms. The van der Waals surface area contributed by atoms with Crippen molar-refractivity contribution in [1.82, 2.24) is 9.78 Å². The Morgan fingerprint density at radius 1 is 1.58 bits per heavy atom. The Labute approximate surface area is 120 Å². The van der Waals surface area contributed by atoms with Crippen LogP contribution in [0.15, 0.2) is 41.2 Å². The van der Waals surface area contributed by atoms with Crippen LogP contribution < -0.4 is 10.9 Å². The van der Waals surface area contributed by atoms with Crippen molar-refractivity contribution in [3.8, 4) is 0 Å². The Balaban J connectivity index is 2.02. The molecule has 0 radical (unpaired) electrons. The van der Waals surface area contributed by atoms with Crippen molar-refractivity contribution >= 4 is 28.6 Å². The van der Waals surface area contributed by atoms with Gasteiger partial charge >= 0.3 is 0 Å². The van der Waals surface area contributed by atoms with Crippen molar-refractivity contribution < 1.29 is 0 Å². The van der Waals surface area contributed by atoms with E-state index in [4.69, 9.17) is 11.6 Å². The van der Waals surface area contributed by atoms with Gasteiger partial charge in [-0.05, 0) is 17.9 Å². The smallest absolute Gasteiger partial charge is 0.287 e. The normalized spacial score (nSPS) is 10.4. The van der Waals surface area contributed by atoms with Crippen molar-refractivity contribution in [2.75, 3.05) is 11.9 Å². The third kappa shape index (κ3) is 3.45. The Morgan fingerprint density at radius 3 is 3.11 bits per heavy atom. The summed E-state index contributed by atoms with van der Waals surface area (Å²) in [6.07, 6.45) is 4.07. The number of allylic oxidation sites excluding steroid dienone is 1. The van der Waals surface area contributed by atoms with Crippen LogP contribution in [0.25, 0.3) is 0 Å². The quantitative estimate of drug-likeness (QED) is 0.834. The molecule has 0 unspecified atom stereocenters. The third-order valence-corrected chi connectivity index (χ3v) is 3.86. The first-order valence-electron chi connectivity index (χ1n) is 5.85. The molecule has 0 spiro atoms. The fourth-order valence-corrected chi connectivity index (χ4v) is 2.54. The highest BCUT2D eigenvalue weighted by Crippen LogP contribution is 2.16. The Hall–Kier alpha value is -1.59. The van der Waals surface area contributed by atoms with Crippen molar-refractivity contribution in [3.63, 3.8) is 0 Å². The number of nitrogens with one attached hydrogen (secondary N) is 1. The predicted octanol–water partition coefficient (Wildman–Crippen LogP) is 2.80. The van der Waals surface area contributed by atoms with Crippen LogP contribution in [0.5, 0.6) is 0 Å². The van der Waals surface area contributed by atoms with E-state index in [2.05, 4.69) is 23.1 Å². The van der Waals surface area contributed by atoms with Crippen LogP contribution in [-0.2, 0) is 13.0 Å². The maximum Gasteiger partial charge on any atom is 0.287 e. The van der Waals surface area contributed by atoms with Gasteiger partial charge in [0.25, 0.3) is 5.56 Å². The molecule has 100 valence electrons. The zero-order valence-electron chi connectivity index (χ0n) is 10.3. The minimum atomic E-state index is -0.303. The topological polar surface area (TPSA) is 46.9 Å². The van der Waals surface area contributed by atoms with Gasteiger partial charge < -0.3 is 5.32 Å². The maximum absolute atomic E-state index is 11.9. The summed E-state index contributed by atoms with van der Waals surface area (Å²) in [4.78, 5) is 13.1. The van der Waals surface area contributed by atoms with Crippen LogP contribution >= 0.6 is 22.9 Å². The molecule has 0 atom stereocenters. The number of rotatable bonds is 6. The second-order valence-corrected chi connectivity index (χ2v) is 5.31. The zero-order chi connectivity index (χ0) is 13.7. The second-order valence-electron chi connectivity index (χ2n) is 3.90. The SMILES string of the molecule is C=CCn1ncc(NCCc2cccs2)c(Cl)c1=O. The molecule has 0 saturated heterocycles. The molecule has 6 heteroatoms. The summed E-state index contributed by atoms with van der Waals surface area (Å²) < 4.78 is 1.28. The minimum Gasteiger partial charge on any atom is -0.382 e. The van der Waals surface area contributed by atoms with Crippen LogP contribution in [-0.4, -0.2) is 16.3 Å². The lowest BCUT2D eigenvalue weighted by molar-refractivity contribution is 0.653. The predicted molar refractivity (Wildman–Crippen MR) is 80.2 cm³/mol. The molecule has 2 aromatic heterocycles. The lowest BCUT2D eigenvalue weighted by atomic mass is 10.3. The summed E-state index contributed by atoms with van der Waals surface area (Å²) in [5.41, 5.74) is 0.270. The molecule has 0 fully saturated rings. The van der Waals surface area contributed by atoms with Crippen molar-refractivity contribution in [1.29, 1.82) is 0 Å². The molecular formula is C13H14ClN3OS. The van der Waals surface area contributed by atoms with Gasteiger partial charge in [-0.1, -0.05) is 23.7 Å². The molecule has 0 saturated carbocycles. The van der Waals surface area contributed by atoms with Gasteiger partial charge in [0, 0.05) is 11.4 Å². The fraction of sp³-hybridized carbons (Fsp3) is 0.231. The van der Waals surface area contributed by atoms with Crippen molar-refractivity contribution in [3.05, 3.63) is 56.6 Å². The number of hydrogen-bond donors (Lipinski definition) is 1. The Morgan fingerprint density at radius 2 is 2.42 bits per heavy atom. The summed E-state index contributed by atoms with van der Waals surface area (Å²) in [5.74, 6) is 0. The summed E-state index contributed by atoms with van der Waals surface area (Å²) in [5, 5.41) is 9.38. The van der Waals surface area contributed by atoms with E-state index in [1.165, 1.54) is 9.56 Å². The van der Waals surface area contributed by atoms with Crippen molar-refractivity contribution in [2.24, 2.45) is 0 Å². The zero-order valence-corrected chi connectivity index (χ0v) is 11.9. The molecule has 0 amide bonds. The summed E-state index contributed by atoms with van der Waals surface area (Å²) in [6.45, 7) is 4.64. The summed E-state index contributed by atoms with van der Waals surface area (Å²) >= 11 is 7.74. The van der Waals surface area contributed by atoms with E-state index in [1.54, 1.807) is 23.6 Å². The molecule has 0 bridgehead atoms. The number of aromatic nitrogens is 2. The van der Waals surface area contributed by atoms with E-state index in [9.17, 15) is 4.79 Å². The van der Waals surface area contributed by atoms with E-state index in [1.807, 2.05) is 11.4 Å². The monoisotopic (exact) mass is 295 g/mol. The number of nitrogens with zero attached hydrogens (tertiary/aromatic N) is 2. The molecule has 2 heterocycles. The molecule has 2 rings (SSSR count). The molecule has 1 N–H and O–H groups in total. The van der Waals surface area contributed by atoms with Gasteiger partial charge in [0.1, 0.15) is 5.02 Å². The first-order valence-corrected chi connectivity index (χ1v) is 7.11. The first kappa shape index (κ1) is 13.8. The fourth-order valence-electron chi connectivity index (χ4n) is 1.62. The van der Waals surface area contributed by atoms with Crippen LogP contribution in [0.1, 0.15) is 4.88 Å². The van der Waals surface area contributed by atoms with Crippen molar-refractivity contribution in [2.45, 2.75) is 13.0 Å². The Kier molecular flexibility index (Phi) is 4.76. The number of halogens is 1. The molecule has 0 aliphatic carbocycles. The second kappa shape index (κ2) is 6.54. The number of thiophene rings is 1. The minimum absolute atomic E-state index is 0.169. The Bertz CT molecular complexity index is 607. The van der Waals surface area contributed by atoms with Gasteiger partial charge in [0.2, 0.25) is 0 Å². The van der Waals surface area contributed by atoms with E-state index in [0.29, 0.717) is 18.8 Å². The number of anilines is 1. The van der Waals surface area contributed by atoms with Crippen LogP contribution in [0.3, 0.4) is 0 Å². The lowest BCUT2D eigenvalue weighted by Gasteiger charge is -2.08. The molecule has 0 aliphatic heterocycles. The van der Waals surface area contributed by atoms with Crippen LogP contribution in [0, 0.1) is 0 Å². The van der Waals surface area contributed by atoms with E-state index in [0.717, 1.165) is 6.42 Å². The molecule has 0 aromatic carbocycles.